The molecule has 0 radical (unpaired) electrons. The molecule has 0 unspecified atom stereocenters. The molecular formula is C18H16N2O2S. The Kier molecular flexibility index (Phi) is 4.68. The number of para-hydroxylation sites is 1. The molecule has 0 saturated carbocycles. The fraction of sp³-hybridized carbons (Fsp3) is 0.111. The molecule has 0 aliphatic rings. The first-order valence-corrected chi connectivity index (χ1v) is 8.06. The first-order valence-electron chi connectivity index (χ1n) is 7.18. The number of rotatable bonds is 5. The van der Waals surface area contributed by atoms with E-state index in [1.807, 2.05) is 53.9 Å². The number of amides is 1. The number of hydrogen-bond donors (Lipinski definition) is 1. The number of ether oxygens (including phenoxy) is 1. The number of nitrogens with zero attached hydrogens (tertiary/aromatic N) is 1. The van der Waals surface area contributed by atoms with E-state index in [2.05, 4.69) is 10.3 Å². The summed E-state index contributed by atoms with van der Waals surface area (Å²) < 4.78 is 5.28. The van der Waals surface area contributed by atoms with Gasteiger partial charge in [0.25, 0.3) is 5.91 Å². The van der Waals surface area contributed by atoms with E-state index >= 15 is 0 Å². The van der Waals surface area contributed by atoms with E-state index in [4.69, 9.17) is 4.74 Å². The number of hydrogen-bond acceptors (Lipinski definition) is 4. The summed E-state index contributed by atoms with van der Waals surface area (Å²) in [6.45, 7) is 0.428. The van der Waals surface area contributed by atoms with Crippen LogP contribution in [0.1, 0.15) is 15.9 Å². The molecule has 3 rings (SSSR count). The molecule has 4 nitrogen and oxygen atoms in total. The van der Waals surface area contributed by atoms with Crippen molar-refractivity contribution in [1.82, 2.24) is 10.3 Å². The number of methoxy groups -OCH3 is 1. The molecule has 23 heavy (non-hydrogen) atoms. The molecule has 116 valence electrons. The normalized spacial score (nSPS) is 10.3. The van der Waals surface area contributed by atoms with Crippen molar-refractivity contribution >= 4 is 17.2 Å². The molecule has 0 saturated heterocycles. The van der Waals surface area contributed by atoms with Crippen molar-refractivity contribution in [1.29, 1.82) is 0 Å². The van der Waals surface area contributed by atoms with Gasteiger partial charge < -0.3 is 10.1 Å². The molecule has 2 aromatic carbocycles. The van der Waals surface area contributed by atoms with E-state index in [0.717, 1.165) is 21.9 Å². The van der Waals surface area contributed by atoms with Gasteiger partial charge in [-0.2, -0.15) is 0 Å². The summed E-state index contributed by atoms with van der Waals surface area (Å²) >= 11 is 1.58. The third-order valence-corrected chi connectivity index (χ3v) is 4.28. The molecule has 3 aromatic rings. The van der Waals surface area contributed by atoms with Crippen LogP contribution in [0.2, 0.25) is 0 Å². The minimum absolute atomic E-state index is 0.110. The van der Waals surface area contributed by atoms with Crippen molar-refractivity contribution in [2.45, 2.75) is 6.54 Å². The average molecular weight is 324 g/mol. The van der Waals surface area contributed by atoms with Gasteiger partial charge in [-0.15, -0.1) is 11.3 Å². The van der Waals surface area contributed by atoms with E-state index in [-0.39, 0.29) is 5.91 Å². The third-order valence-electron chi connectivity index (χ3n) is 3.46. The standard InChI is InChI=1S/C18H16N2O2S/c1-22-16-5-3-2-4-15(16)12-20-17(21)13-6-8-14(9-7-13)18-19-10-11-23-18/h2-11H,12H2,1H3,(H,20,21). The average Bonchev–Trinajstić information content (AvgIpc) is 3.14. The predicted octanol–water partition coefficient (Wildman–Crippen LogP) is 3.75. The fourth-order valence-corrected chi connectivity index (χ4v) is 2.90. The maximum atomic E-state index is 12.3. The number of nitrogens with one attached hydrogen (secondary N) is 1. The highest BCUT2D eigenvalue weighted by atomic mass is 32.1. The molecular weight excluding hydrogens is 308 g/mol. The number of aromatic nitrogens is 1. The summed E-state index contributed by atoms with van der Waals surface area (Å²) in [5.41, 5.74) is 2.59. The Labute approximate surface area is 138 Å². The zero-order valence-corrected chi connectivity index (χ0v) is 13.5. The van der Waals surface area contributed by atoms with Crippen LogP contribution in [0.5, 0.6) is 5.75 Å². The highest BCUT2D eigenvalue weighted by Crippen LogP contribution is 2.22. The molecule has 0 fully saturated rings. The second-order valence-corrected chi connectivity index (χ2v) is 5.80. The summed E-state index contributed by atoms with van der Waals surface area (Å²) in [5, 5.41) is 5.80. The van der Waals surface area contributed by atoms with Crippen LogP contribution < -0.4 is 10.1 Å². The predicted molar refractivity (Wildman–Crippen MR) is 91.7 cm³/mol. The van der Waals surface area contributed by atoms with Crippen LogP contribution in [-0.2, 0) is 6.54 Å². The molecule has 0 spiro atoms. The molecule has 5 heteroatoms. The van der Waals surface area contributed by atoms with E-state index in [1.165, 1.54) is 0 Å². The number of carbonyl (C=O) groups is 1. The van der Waals surface area contributed by atoms with Crippen molar-refractivity contribution < 1.29 is 9.53 Å². The molecule has 1 aromatic heterocycles. The van der Waals surface area contributed by atoms with Gasteiger partial charge >= 0.3 is 0 Å². The van der Waals surface area contributed by atoms with Crippen molar-refractivity contribution in [3.05, 3.63) is 71.2 Å². The molecule has 0 atom stereocenters. The van der Waals surface area contributed by atoms with Crippen LogP contribution in [0.4, 0.5) is 0 Å². The molecule has 0 bridgehead atoms. The minimum Gasteiger partial charge on any atom is -0.496 e. The molecule has 1 amide bonds. The van der Waals surface area contributed by atoms with Crippen LogP contribution in [0.25, 0.3) is 10.6 Å². The first-order chi connectivity index (χ1) is 11.3. The van der Waals surface area contributed by atoms with Gasteiger partial charge in [-0.25, -0.2) is 4.98 Å². The Morgan fingerprint density at radius 2 is 1.96 bits per heavy atom. The Morgan fingerprint density at radius 1 is 1.17 bits per heavy atom. The van der Waals surface area contributed by atoms with Crippen LogP contribution in [-0.4, -0.2) is 18.0 Å². The summed E-state index contributed by atoms with van der Waals surface area (Å²) in [4.78, 5) is 16.5. The number of benzene rings is 2. The minimum atomic E-state index is -0.110. The molecule has 1 N–H and O–H groups in total. The smallest absolute Gasteiger partial charge is 0.251 e. The van der Waals surface area contributed by atoms with E-state index in [9.17, 15) is 4.79 Å². The maximum Gasteiger partial charge on any atom is 0.251 e. The monoisotopic (exact) mass is 324 g/mol. The maximum absolute atomic E-state index is 12.3. The Bertz CT molecular complexity index is 783. The lowest BCUT2D eigenvalue weighted by molar-refractivity contribution is 0.0950. The molecule has 0 aliphatic heterocycles. The first kappa shape index (κ1) is 15.2. The summed E-state index contributed by atoms with van der Waals surface area (Å²) in [6.07, 6.45) is 1.77. The van der Waals surface area contributed by atoms with Crippen molar-refractivity contribution in [2.24, 2.45) is 0 Å². The largest absolute Gasteiger partial charge is 0.496 e. The second-order valence-electron chi connectivity index (χ2n) is 4.91. The lowest BCUT2D eigenvalue weighted by atomic mass is 10.1. The van der Waals surface area contributed by atoms with Crippen molar-refractivity contribution in [3.63, 3.8) is 0 Å². The van der Waals surface area contributed by atoms with Crippen molar-refractivity contribution in [3.8, 4) is 16.3 Å². The quantitative estimate of drug-likeness (QED) is 0.777. The summed E-state index contributed by atoms with van der Waals surface area (Å²) in [6, 6.07) is 15.1. The SMILES string of the molecule is COc1ccccc1CNC(=O)c1ccc(-c2nccs2)cc1. The summed E-state index contributed by atoms with van der Waals surface area (Å²) in [7, 11) is 1.62. The lowest BCUT2D eigenvalue weighted by Gasteiger charge is -2.09. The Hall–Kier alpha value is -2.66. The number of carbonyl (C=O) groups excluding carboxylic acids is 1. The zero-order valence-electron chi connectivity index (χ0n) is 12.7. The van der Waals surface area contributed by atoms with Gasteiger partial charge in [0.05, 0.1) is 7.11 Å². The van der Waals surface area contributed by atoms with E-state index in [0.29, 0.717) is 12.1 Å². The van der Waals surface area contributed by atoms with E-state index < -0.39 is 0 Å². The fourth-order valence-electron chi connectivity index (χ4n) is 2.26. The van der Waals surface area contributed by atoms with Crippen LogP contribution in [0.15, 0.2) is 60.1 Å². The van der Waals surface area contributed by atoms with Crippen molar-refractivity contribution in [2.75, 3.05) is 7.11 Å². The van der Waals surface area contributed by atoms with Crippen LogP contribution in [0, 0.1) is 0 Å². The van der Waals surface area contributed by atoms with Gasteiger partial charge in [-0.3, -0.25) is 4.79 Å². The Balaban J connectivity index is 1.66. The lowest BCUT2D eigenvalue weighted by Crippen LogP contribution is -2.22. The second kappa shape index (κ2) is 7.07. The molecule has 0 aliphatic carbocycles. The van der Waals surface area contributed by atoms with Crippen LogP contribution >= 0.6 is 11.3 Å². The topological polar surface area (TPSA) is 51.2 Å². The van der Waals surface area contributed by atoms with Gasteiger partial charge in [0.1, 0.15) is 10.8 Å². The zero-order chi connectivity index (χ0) is 16.1. The van der Waals surface area contributed by atoms with Gasteiger partial charge in [0.15, 0.2) is 0 Å². The van der Waals surface area contributed by atoms with Gasteiger partial charge in [0, 0.05) is 34.8 Å². The van der Waals surface area contributed by atoms with Crippen LogP contribution in [0.3, 0.4) is 0 Å². The highest BCUT2D eigenvalue weighted by molar-refractivity contribution is 7.13. The van der Waals surface area contributed by atoms with Gasteiger partial charge in [0.2, 0.25) is 0 Å². The third kappa shape index (κ3) is 3.57. The highest BCUT2D eigenvalue weighted by Gasteiger charge is 2.08. The Morgan fingerprint density at radius 3 is 2.65 bits per heavy atom. The summed E-state index contributed by atoms with van der Waals surface area (Å²) in [5.74, 6) is 0.661. The van der Waals surface area contributed by atoms with E-state index in [1.54, 1.807) is 24.6 Å². The molecule has 1 heterocycles. The number of thiazole rings is 1. The van der Waals surface area contributed by atoms with Gasteiger partial charge in [-0.1, -0.05) is 30.3 Å². The van der Waals surface area contributed by atoms with Gasteiger partial charge in [-0.05, 0) is 18.2 Å².